The smallest absolute Gasteiger partial charge is 0.261 e. The summed E-state index contributed by atoms with van der Waals surface area (Å²) in [5.74, 6) is -0.127. The summed E-state index contributed by atoms with van der Waals surface area (Å²) < 4.78 is 5.53. The van der Waals surface area contributed by atoms with Crippen LogP contribution in [0, 0.1) is 6.92 Å². The highest BCUT2D eigenvalue weighted by Crippen LogP contribution is 2.27. The van der Waals surface area contributed by atoms with Gasteiger partial charge in [-0.2, -0.15) is 0 Å². The van der Waals surface area contributed by atoms with Crippen LogP contribution in [-0.2, 0) is 29.0 Å². The minimum Gasteiger partial charge on any atom is -0.367 e. The Hall–Kier alpha value is -3.03. The Labute approximate surface area is 185 Å². The molecule has 0 radical (unpaired) electrons. The maximum absolute atomic E-state index is 13.2. The van der Waals surface area contributed by atoms with Gasteiger partial charge in [0.25, 0.3) is 11.8 Å². The van der Waals surface area contributed by atoms with E-state index in [0.29, 0.717) is 24.5 Å². The topological polar surface area (TPSA) is 71.5 Å². The molecule has 0 fully saturated rings. The van der Waals surface area contributed by atoms with Gasteiger partial charge in [0, 0.05) is 38.6 Å². The molecule has 4 rings (SSSR count). The number of fused-ring (bicyclic) bond motifs is 1. The Bertz CT molecular complexity index is 1070. The number of nitrogens with zero attached hydrogens (tertiary/aromatic N) is 2. The van der Waals surface area contributed by atoms with Gasteiger partial charge in [0.1, 0.15) is 0 Å². The number of methoxy groups -OCH3 is 1. The lowest BCUT2D eigenvalue weighted by Gasteiger charge is -2.32. The molecule has 0 unspecified atom stereocenters. The summed E-state index contributed by atoms with van der Waals surface area (Å²) >= 11 is 1.42. The number of ether oxygens (including phenoxy) is 1. The normalized spacial score (nSPS) is 14.1. The molecule has 0 saturated heterocycles. The Kier molecular flexibility index (Phi) is 6.44. The van der Waals surface area contributed by atoms with E-state index in [2.05, 4.69) is 10.3 Å². The molecule has 3 aromatic rings. The lowest BCUT2D eigenvalue weighted by Crippen LogP contribution is -2.40. The minimum atomic E-state index is -0.620. The predicted molar refractivity (Wildman–Crippen MR) is 120 cm³/mol. The fourth-order valence-electron chi connectivity index (χ4n) is 3.98. The number of nitrogens with one attached hydrogen (secondary N) is 1. The van der Waals surface area contributed by atoms with Crippen LogP contribution in [0.2, 0.25) is 0 Å². The van der Waals surface area contributed by atoms with Crippen molar-refractivity contribution in [1.29, 1.82) is 0 Å². The number of pyridine rings is 1. The van der Waals surface area contributed by atoms with E-state index in [1.54, 1.807) is 7.11 Å². The molecule has 1 N–H and O–H groups in total. The van der Waals surface area contributed by atoms with Gasteiger partial charge >= 0.3 is 0 Å². The molecule has 0 aliphatic carbocycles. The lowest BCUT2D eigenvalue weighted by atomic mass is 9.94. The van der Waals surface area contributed by atoms with Crippen LogP contribution in [0.4, 0.5) is 0 Å². The number of carbonyl (C=O) groups excluding carboxylic acids is 2. The Morgan fingerprint density at radius 2 is 2.03 bits per heavy atom. The molecule has 3 heterocycles. The van der Waals surface area contributed by atoms with Crippen molar-refractivity contribution in [2.45, 2.75) is 32.5 Å². The lowest BCUT2D eigenvalue weighted by molar-refractivity contribution is -0.143. The maximum atomic E-state index is 13.2. The van der Waals surface area contributed by atoms with E-state index in [9.17, 15) is 9.59 Å². The average Bonchev–Trinajstić information content (AvgIpc) is 3.34. The summed E-state index contributed by atoms with van der Waals surface area (Å²) in [4.78, 5) is 32.6. The summed E-state index contributed by atoms with van der Waals surface area (Å²) in [6.45, 7) is 3.48. The highest BCUT2D eigenvalue weighted by atomic mass is 32.1. The Morgan fingerprint density at radius 3 is 2.74 bits per heavy atom. The van der Waals surface area contributed by atoms with E-state index in [-0.39, 0.29) is 11.8 Å². The maximum Gasteiger partial charge on any atom is 0.261 e. The predicted octanol–water partition coefficient (Wildman–Crippen LogP) is 3.65. The fourth-order valence-corrected chi connectivity index (χ4v) is 4.62. The molecule has 0 bridgehead atoms. The zero-order chi connectivity index (χ0) is 21.8. The van der Waals surface area contributed by atoms with E-state index >= 15 is 0 Å². The summed E-state index contributed by atoms with van der Waals surface area (Å²) in [5.41, 5.74) is 5.00. The number of aromatic nitrogens is 1. The van der Waals surface area contributed by atoms with Gasteiger partial charge in [0.2, 0.25) is 0 Å². The van der Waals surface area contributed by atoms with Gasteiger partial charge in [0.15, 0.2) is 6.10 Å². The molecular weight excluding hydrogens is 410 g/mol. The second-order valence-corrected chi connectivity index (χ2v) is 8.47. The fraction of sp³-hybridized carbons (Fsp3) is 0.292. The third-order valence-corrected chi connectivity index (χ3v) is 6.51. The summed E-state index contributed by atoms with van der Waals surface area (Å²) in [7, 11) is 1.56. The van der Waals surface area contributed by atoms with E-state index in [1.165, 1.54) is 16.9 Å². The third-order valence-electron chi connectivity index (χ3n) is 5.64. The standard InChI is InChI=1S/C24H25N3O3S/c1-16-20(14-26-23(28)21-9-6-12-31-21)19-10-11-27(15-18(19)13-25-16)24(29)22(30-2)17-7-4-3-5-8-17/h3-9,12-13,22H,10-11,14-15H2,1-2H3,(H,26,28)/t22-/m0/s1. The SMILES string of the molecule is CO[C@H](C(=O)N1CCc2c(cnc(C)c2CNC(=O)c2cccs2)C1)c1ccccc1. The van der Waals surface area contributed by atoms with Crippen molar-refractivity contribution < 1.29 is 14.3 Å². The van der Waals surface area contributed by atoms with Crippen LogP contribution in [0.25, 0.3) is 0 Å². The summed E-state index contributed by atoms with van der Waals surface area (Å²) in [6.07, 6.45) is 1.95. The summed E-state index contributed by atoms with van der Waals surface area (Å²) in [5, 5.41) is 4.90. The van der Waals surface area contributed by atoms with Crippen LogP contribution in [0.1, 0.15) is 43.7 Å². The molecule has 1 atom stereocenters. The largest absolute Gasteiger partial charge is 0.367 e. The second-order valence-electron chi connectivity index (χ2n) is 7.52. The van der Waals surface area contributed by atoms with Crippen molar-refractivity contribution >= 4 is 23.2 Å². The number of hydrogen-bond donors (Lipinski definition) is 1. The highest BCUT2D eigenvalue weighted by Gasteiger charge is 2.29. The second kappa shape index (κ2) is 9.41. The van der Waals surface area contributed by atoms with E-state index < -0.39 is 6.10 Å². The highest BCUT2D eigenvalue weighted by molar-refractivity contribution is 7.12. The number of rotatable bonds is 6. The molecule has 6 nitrogen and oxygen atoms in total. The molecule has 0 spiro atoms. The monoisotopic (exact) mass is 435 g/mol. The van der Waals surface area contributed by atoms with Crippen molar-refractivity contribution in [3.63, 3.8) is 0 Å². The molecule has 2 amide bonds. The first-order valence-corrected chi connectivity index (χ1v) is 11.1. The molecule has 1 aromatic carbocycles. The first-order valence-electron chi connectivity index (χ1n) is 10.2. The van der Waals surface area contributed by atoms with Crippen LogP contribution in [0.15, 0.2) is 54.0 Å². The zero-order valence-electron chi connectivity index (χ0n) is 17.6. The first kappa shape index (κ1) is 21.2. The Balaban J connectivity index is 1.50. The quantitative estimate of drug-likeness (QED) is 0.642. The molecular formula is C24H25N3O3S. The number of aryl methyl sites for hydroxylation is 1. The van der Waals surface area contributed by atoms with Crippen LogP contribution in [-0.4, -0.2) is 35.4 Å². The van der Waals surface area contributed by atoms with Crippen molar-refractivity contribution in [1.82, 2.24) is 15.2 Å². The minimum absolute atomic E-state index is 0.0486. The van der Waals surface area contributed by atoms with Crippen molar-refractivity contribution in [3.8, 4) is 0 Å². The van der Waals surface area contributed by atoms with Gasteiger partial charge < -0.3 is 15.0 Å². The molecule has 7 heteroatoms. The van der Waals surface area contributed by atoms with Gasteiger partial charge in [0.05, 0.1) is 4.88 Å². The van der Waals surface area contributed by atoms with Crippen LogP contribution in [0.5, 0.6) is 0 Å². The van der Waals surface area contributed by atoms with E-state index in [0.717, 1.165) is 28.8 Å². The van der Waals surface area contributed by atoms with Crippen LogP contribution >= 0.6 is 11.3 Å². The molecule has 1 aliphatic heterocycles. The Morgan fingerprint density at radius 1 is 1.23 bits per heavy atom. The van der Waals surface area contributed by atoms with Crippen molar-refractivity contribution in [3.05, 3.63) is 86.9 Å². The first-order chi connectivity index (χ1) is 15.1. The van der Waals surface area contributed by atoms with E-state index in [1.807, 2.05) is 65.9 Å². The third kappa shape index (κ3) is 4.52. The molecule has 2 aromatic heterocycles. The number of benzene rings is 1. The average molecular weight is 436 g/mol. The number of thiophene rings is 1. The van der Waals surface area contributed by atoms with Crippen molar-refractivity contribution in [2.75, 3.05) is 13.7 Å². The van der Waals surface area contributed by atoms with Crippen molar-refractivity contribution in [2.24, 2.45) is 0 Å². The number of carbonyl (C=O) groups is 2. The number of hydrogen-bond acceptors (Lipinski definition) is 5. The van der Waals surface area contributed by atoms with Gasteiger partial charge in [-0.15, -0.1) is 11.3 Å². The van der Waals surface area contributed by atoms with Gasteiger partial charge in [-0.25, -0.2) is 0 Å². The van der Waals surface area contributed by atoms with Gasteiger partial charge in [-0.05, 0) is 47.0 Å². The molecule has 0 saturated carbocycles. The molecule has 160 valence electrons. The number of amides is 2. The zero-order valence-corrected chi connectivity index (χ0v) is 18.4. The van der Waals surface area contributed by atoms with Gasteiger partial charge in [-0.1, -0.05) is 36.4 Å². The van der Waals surface area contributed by atoms with Crippen LogP contribution < -0.4 is 5.32 Å². The molecule has 1 aliphatic rings. The van der Waals surface area contributed by atoms with Crippen LogP contribution in [0.3, 0.4) is 0 Å². The van der Waals surface area contributed by atoms with E-state index in [4.69, 9.17) is 4.74 Å². The molecule has 31 heavy (non-hydrogen) atoms. The van der Waals surface area contributed by atoms with Gasteiger partial charge in [-0.3, -0.25) is 14.6 Å². The summed E-state index contributed by atoms with van der Waals surface area (Å²) in [6, 6.07) is 13.2.